The molecule has 0 saturated heterocycles. The van der Waals surface area contributed by atoms with Gasteiger partial charge in [0.2, 0.25) is 0 Å². The highest BCUT2D eigenvalue weighted by atomic mass is 16.5. The molecule has 1 heterocycles. The van der Waals surface area contributed by atoms with Gasteiger partial charge in [-0.2, -0.15) is 0 Å². The first kappa shape index (κ1) is 13.0. The van der Waals surface area contributed by atoms with Crippen molar-refractivity contribution in [3.8, 4) is 11.5 Å². The van der Waals surface area contributed by atoms with Crippen LogP contribution in [0.2, 0.25) is 0 Å². The molecule has 1 aliphatic heterocycles. The van der Waals surface area contributed by atoms with Crippen LogP contribution in [0.1, 0.15) is 51.7 Å². The number of hydrogen-bond donors (Lipinski definition) is 1. The molecule has 2 rings (SSSR count). The molecule has 0 fully saturated rings. The van der Waals surface area contributed by atoms with E-state index < -0.39 is 0 Å². The summed E-state index contributed by atoms with van der Waals surface area (Å²) in [7, 11) is 0. The predicted octanol–water partition coefficient (Wildman–Crippen LogP) is 4.31. The van der Waals surface area contributed by atoms with E-state index in [1.165, 1.54) is 0 Å². The molecular formula is C16H22O2. The number of phenolic OH excluding ortho intramolecular Hbond substituents is 1. The number of aromatic hydroxyl groups is 1. The highest BCUT2D eigenvalue weighted by molar-refractivity contribution is 5.76. The van der Waals surface area contributed by atoms with E-state index >= 15 is 0 Å². The maximum absolute atomic E-state index is 10.2. The topological polar surface area (TPSA) is 29.5 Å². The van der Waals surface area contributed by atoms with E-state index in [1.807, 2.05) is 26.8 Å². The fraction of sp³-hybridized carbons (Fsp3) is 0.500. The number of rotatable bonds is 3. The van der Waals surface area contributed by atoms with Gasteiger partial charge in [-0.05, 0) is 63.0 Å². The minimum Gasteiger partial charge on any atom is -0.507 e. The second kappa shape index (κ2) is 4.68. The van der Waals surface area contributed by atoms with Crippen molar-refractivity contribution in [3.63, 3.8) is 0 Å². The van der Waals surface area contributed by atoms with Crippen LogP contribution in [0.25, 0.3) is 5.57 Å². The van der Waals surface area contributed by atoms with Crippen LogP contribution in [0.3, 0.4) is 0 Å². The molecule has 0 amide bonds. The lowest BCUT2D eigenvalue weighted by Gasteiger charge is -2.31. The van der Waals surface area contributed by atoms with Gasteiger partial charge in [-0.1, -0.05) is 13.3 Å². The maximum Gasteiger partial charge on any atom is 0.132 e. The number of allylic oxidation sites excluding steroid dienone is 1. The summed E-state index contributed by atoms with van der Waals surface area (Å²) < 4.78 is 5.95. The van der Waals surface area contributed by atoms with Gasteiger partial charge in [-0.3, -0.25) is 0 Å². The van der Waals surface area contributed by atoms with Crippen LogP contribution in [0.15, 0.2) is 18.2 Å². The monoisotopic (exact) mass is 246 g/mol. The Labute approximate surface area is 109 Å². The molecule has 1 aliphatic rings. The van der Waals surface area contributed by atoms with Crippen molar-refractivity contribution in [1.29, 1.82) is 0 Å². The Kier molecular flexibility index (Phi) is 3.38. The Bertz CT molecular complexity index is 484. The van der Waals surface area contributed by atoms with Gasteiger partial charge in [-0.25, -0.2) is 0 Å². The zero-order chi connectivity index (χ0) is 13.3. The number of benzene rings is 1. The lowest BCUT2D eigenvalue weighted by Crippen LogP contribution is -2.28. The first-order valence-corrected chi connectivity index (χ1v) is 6.67. The Balaban J connectivity index is 2.42. The SMILES string of the molecule is CCCCc1cc(O)c2c(c1)OC(C)(C)C=C2C. The molecule has 0 radical (unpaired) electrons. The van der Waals surface area contributed by atoms with E-state index in [0.717, 1.165) is 41.7 Å². The Morgan fingerprint density at radius 3 is 2.67 bits per heavy atom. The van der Waals surface area contributed by atoms with Crippen LogP contribution >= 0.6 is 0 Å². The highest BCUT2D eigenvalue weighted by Gasteiger charge is 2.27. The third kappa shape index (κ3) is 2.53. The Morgan fingerprint density at radius 2 is 2.00 bits per heavy atom. The molecule has 0 aromatic heterocycles. The molecule has 0 aliphatic carbocycles. The minimum atomic E-state index is -0.299. The van der Waals surface area contributed by atoms with Crippen molar-refractivity contribution in [3.05, 3.63) is 29.3 Å². The molecule has 1 N–H and O–H groups in total. The second-order valence-electron chi connectivity index (χ2n) is 5.62. The van der Waals surface area contributed by atoms with E-state index in [0.29, 0.717) is 5.75 Å². The number of unbranched alkanes of at least 4 members (excludes halogenated alkanes) is 1. The van der Waals surface area contributed by atoms with Crippen molar-refractivity contribution in [2.45, 2.75) is 52.6 Å². The largest absolute Gasteiger partial charge is 0.507 e. The van der Waals surface area contributed by atoms with Crippen LogP contribution in [0, 0.1) is 0 Å². The normalized spacial score (nSPS) is 16.8. The molecule has 98 valence electrons. The number of aryl methyl sites for hydroxylation is 1. The van der Waals surface area contributed by atoms with Crippen molar-refractivity contribution < 1.29 is 9.84 Å². The summed E-state index contributed by atoms with van der Waals surface area (Å²) in [5.41, 5.74) is 2.78. The smallest absolute Gasteiger partial charge is 0.132 e. The summed E-state index contributed by atoms with van der Waals surface area (Å²) in [6, 6.07) is 3.94. The van der Waals surface area contributed by atoms with Crippen molar-refractivity contribution >= 4 is 5.57 Å². The number of hydrogen-bond acceptors (Lipinski definition) is 2. The van der Waals surface area contributed by atoms with Crippen LogP contribution in [0.4, 0.5) is 0 Å². The first-order chi connectivity index (χ1) is 8.43. The molecule has 0 atom stereocenters. The summed E-state index contributed by atoms with van der Waals surface area (Å²) in [5, 5.41) is 10.2. The third-order valence-electron chi connectivity index (χ3n) is 3.29. The molecule has 2 nitrogen and oxygen atoms in total. The lowest BCUT2D eigenvalue weighted by molar-refractivity contribution is 0.157. The van der Waals surface area contributed by atoms with Crippen molar-refractivity contribution in [2.75, 3.05) is 0 Å². The Hall–Kier alpha value is -1.44. The van der Waals surface area contributed by atoms with E-state index in [4.69, 9.17) is 4.74 Å². The van der Waals surface area contributed by atoms with Gasteiger partial charge < -0.3 is 9.84 Å². The number of fused-ring (bicyclic) bond motifs is 1. The van der Waals surface area contributed by atoms with Crippen molar-refractivity contribution in [2.24, 2.45) is 0 Å². The fourth-order valence-electron chi connectivity index (χ4n) is 2.56. The summed E-state index contributed by atoms with van der Waals surface area (Å²) in [4.78, 5) is 0. The lowest BCUT2D eigenvalue weighted by atomic mass is 9.93. The molecule has 0 spiro atoms. The molecular weight excluding hydrogens is 224 g/mol. The summed E-state index contributed by atoms with van der Waals surface area (Å²) in [5.74, 6) is 1.15. The quantitative estimate of drug-likeness (QED) is 0.861. The van der Waals surface area contributed by atoms with E-state index in [1.54, 1.807) is 0 Å². The summed E-state index contributed by atoms with van der Waals surface area (Å²) in [6.45, 7) is 8.27. The molecule has 2 heteroatoms. The van der Waals surface area contributed by atoms with Gasteiger partial charge >= 0.3 is 0 Å². The van der Waals surface area contributed by atoms with Gasteiger partial charge in [0.05, 0.1) is 5.56 Å². The fourth-order valence-corrected chi connectivity index (χ4v) is 2.56. The summed E-state index contributed by atoms with van der Waals surface area (Å²) >= 11 is 0. The minimum absolute atomic E-state index is 0.299. The highest BCUT2D eigenvalue weighted by Crippen LogP contribution is 2.41. The van der Waals surface area contributed by atoms with Gasteiger partial charge in [0, 0.05) is 0 Å². The standard InChI is InChI=1S/C16H22O2/c1-5-6-7-12-8-13(17)15-11(2)10-16(3,4)18-14(15)9-12/h8-10,17H,5-7H2,1-4H3. The van der Waals surface area contributed by atoms with E-state index in [2.05, 4.69) is 19.1 Å². The molecule has 1 aromatic carbocycles. The van der Waals surface area contributed by atoms with Gasteiger partial charge in [-0.15, -0.1) is 0 Å². The van der Waals surface area contributed by atoms with E-state index in [9.17, 15) is 5.11 Å². The average molecular weight is 246 g/mol. The molecule has 1 aromatic rings. The molecule has 0 unspecified atom stereocenters. The number of phenols is 1. The van der Waals surface area contributed by atoms with Gasteiger partial charge in [0.1, 0.15) is 17.1 Å². The molecule has 0 saturated carbocycles. The van der Waals surface area contributed by atoms with Crippen molar-refractivity contribution in [1.82, 2.24) is 0 Å². The number of ether oxygens (including phenoxy) is 1. The Morgan fingerprint density at radius 1 is 1.28 bits per heavy atom. The molecule has 0 bridgehead atoms. The summed E-state index contributed by atoms with van der Waals surface area (Å²) in [6.07, 6.45) is 5.34. The zero-order valence-electron chi connectivity index (χ0n) is 11.7. The average Bonchev–Trinajstić information content (AvgIpc) is 2.23. The van der Waals surface area contributed by atoms with Crippen LogP contribution in [-0.2, 0) is 6.42 Å². The molecule has 18 heavy (non-hydrogen) atoms. The third-order valence-corrected chi connectivity index (χ3v) is 3.29. The zero-order valence-corrected chi connectivity index (χ0v) is 11.7. The first-order valence-electron chi connectivity index (χ1n) is 6.67. The second-order valence-corrected chi connectivity index (χ2v) is 5.62. The van der Waals surface area contributed by atoms with E-state index in [-0.39, 0.29) is 5.60 Å². The van der Waals surface area contributed by atoms with Crippen LogP contribution in [-0.4, -0.2) is 10.7 Å². The van der Waals surface area contributed by atoms with Gasteiger partial charge in [0.25, 0.3) is 0 Å². The predicted molar refractivity (Wildman–Crippen MR) is 75.1 cm³/mol. The maximum atomic E-state index is 10.2. The van der Waals surface area contributed by atoms with Crippen LogP contribution < -0.4 is 4.74 Å². The van der Waals surface area contributed by atoms with Crippen LogP contribution in [0.5, 0.6) is 11.5 Å². The van der Waals surface area contributed by atoms with Gasteiger partial charge in [0.15, 0.2) is 0 Å².